The molecule has 0 heterocycles. The highest BCUT2D eigenvalue weighted by Gasteiger charge is 2.16. The molecule has 0 saturated heterocycles. The summed E-state index contributed by atoms with van der Waals surface area (Å²) in [5.41, 5.74) is 2.29. The Bertz CT molecular complexity index is 760. The average molecular weight is 327 g/mol. The van der Waals surface area contributed by atoms with E-state index in [-0.39, 0.29) is 17.1 Å². The molecule has 0 aromatic heterocycles. The smallest absolute Gasteiger partial charge is 0.248 e. The first kappa shape index (κ1) is 17.7. The number of benzene rings is 2. The highest BCUT2D eigenvalue weighted by atomic mass is 19.1. The van der Waals surface area contributed by atoms with Gasteiger partial charge in [0.05, 0.1) is 12.8 Å². The summed E-state index contributed by atoms with van der Waals surface area (Å²) in [5, 5.41) is 2.81. The summed E-state index contributed by atoms with van der Waals surface area (Å²) in [6.07, 6.45) is 2.94. The van der Waals surface area contributed by atoms with Gasteiger partial charge in [-0.2, -0.15) is 0 Å². The van der Waals surface area contributed by atoms with Crippen molar-refractivity contribution in [3.05, 3.63) is 65.5 Å². The maximum absolute atomic E-state index is 13.1. The molecule has 0 bridgehead atoms. The number of carbonyl (C=O) groups excluding carboxylic acids is 1. The monoisotopic (exact) mass is 327 g/mol. The first-order valence-electron chi connectivity index (χ1n) is 7.73. The van der Waals surface area contributed by atoms with Gasteiger partial charge in [-0.3, -0.25) is 4.79 Å². The van der Waals surface area contributed by atoms with E-state index in [2.05, 4.69) is 26.1 Å². The summed E-state index contributed by atoms with van der Waals surface area (Å²) in [6.45, 7) is 6.30. The van der Waals surface area contributed by atoms with Crippen molar-refractivity contribution in [2.45, 2.75) is 26.2 Å². The maximum Gasteiger partial charge on any atom is 0.248 e. The van der Waals surface area contributed by atoms with Crippen molar-refractivity contribution >= 4 is 17.7 Å². The zero-order valence-corrected chi connectivity index (χ0v) is 14.4. The lowest BCUT2D eigenvalue weighted by molar-refractivity contribution is -0.111. The minimum absolute atomic E-state index is 0.0385. The molecule has 1 N–H and O–H groups in total. The van der Waals surface area contributed by atoms with Crippen LogP contribution in [-0.2, 0) is 10.2 Å². The van der Waals surface area contributed by atoms with E-state index in [4.69, 9.17) is 4.74 Å². The molecular weight excluding hydrogens is 305 g/mol. The first-order chi connectivity index (χ1) is 11.3. The maximum atomic E-state index is 13.1. The molecule has 24 heavy (non-hydrogen) atoms. The van der Waals surface area contributed by atoms with E-state index in [1.165, 1.54) is 18.2 Å². The Morgan fingerprint density at radius 1 is 1.17 bits per heavy atom. The van der Waals surface area contributed by atoms with E-state index in [0.29, 0.717) is 17.0 Å². The summed E-state index contributed by atoms with van der Waals surface area (Å²) in [6, 6.07) is 11.8. The van der Waals surface area contributed by atoms with Gasteiger partial charge in [0.1, 0.15) is 11.6 Å². The Kier molecular flexibility index (Phi) is 5.39. The van der Waals surface area contributed by atoms with Crippen molar-refractivity contribution in [2.24, 2.45) is 0 Å². The molecule has 0 atom stereocenters. The van der Waals surface area contributed by atoms with E-state index < -0.39 is 0 Å². The first-order valence-corrected chi connectivity index (χ1v) is 7.73. The average Bonchev–Trinajstić information content (AvgIpc) is 2.52. The number of anilines is 1. The molecule has 2 rings (SSSR count). The van der Waals surface area contributed by atoms with E-state index in [9.17, 15) is 9.18 Å². The number of carbonyl (C=O) groups is 1. The number of methoxy groups -OCH3 is 1. The van der Waals surface area contributed by atoms with Crippen LogP contribution in [0.1, 0.15) is 31.9 Å². The van der Waals surface area contributed by atoms with Gasteiger partial charge < -0.3 is 10.1 Å². The van der Waals surface area contributed by atoms with Crippen molar-refractivity contribution in [1.82, 2.24) is 0 Å². The Morgan fingerprint density at radius 2 is 1.92 bits per heavy atom. The fourth-order valence-corrected chi connectivity index (χ4v) is 2.23. The lowest BCUT2D eigenvalue weighted by atomic mass is 9.87. The molecule has 126 valence electrons. The van der Waals surface area contributed by atoms with E-state index in [0.717, 1.165) is 5.56 Å². The molecule has 2 aromatic rings. The number of nitrogens with one attached hydrogen (secondary N) is 1. The van der Waals surface area contributed by atoms with Crippen molar-refractivity contribution in [3.8, 4) is 5.75 Å². The van der Waals surface area contributed by atoms with Gasteiger partial charge in [0.25, 0.3) is 0 Å². The minimum Gasteiger partial charge on any atom is -0.495 e. The molecular formula is C20H22FNO2. The molecule has 0 aliphatic heterocycles. The Balaban J connectivity index is 2.18. The van der Waals surface area contributed by atoms with Crippen molar-refractivity contribution in [1.29, 1.82) is 0 Å². The van der Waals surface area contributed by atoms with Crippen LogP contribution in [0.25, 0.3) is 6.08 Å². The predicted octanol–water partition coefficient (Wildman–Crippen LogP) is 4.78. The number of ether oxygens (including phenoxy) is 1. The predicted molar refractivity (Wildman–Crippen MR) is 95.8 cm³/mol. The van der Waals surface area contributed by atoms with Gasteiger partial charge in [-0.05, 0) is 46.9 Å². The zero-order chi connectivity index (χ0) is 17.7. The van der Waals surface area contributed by atoms with E-state index in [1.807, 2.05) is 18.2 Å². The van der Waals surface area contributed by atoms with Gasteiger partial charge in [0.15, 0.2) is 0 Å². The zero-order valence-electron chi connectivity index (χ0n) is 14.4. The van der Waals surface area contributed by atoms with Crippen molar-refractivity contribution < 1.29 is 13.9 Å². The van der Waals surface area contributed by atoms with E-state index >= 15 is 0 Å². The fourth-order valence-electron chi connectivity index (χ4n) is 2.23. The SMILES string of the molecule is COc1ccc(C(C)(C)C)cc1NC(=O)/C=C/c1cccc(F)c1. The quantitative estimate of drug-likeness (QED) is 0.820. The second-order valence-corrected chi connectivity index (χ2v) is 6.54. The summed E-state index contributed by atoms with van der Waals surface area (Å²) < 4.78 is 18.4. The molecule has 0 saturated carbocycles. The topological polar surface area (TPSA) is 38.3 Å². The highest BCUT2D eigenvalue weighted by molar-refractivity contribution is 6.02. The molecule has 0 aliphatic rings. The van der Waals surface area contributed by atoms with Crippen LogP contribution < -0.4 is 10.1 Å². The fraction of sp³-hybridized carbons (Fsp3) is 0.250. The van der Waals surface area contributed by atoms with Gasteiger partial charge in [-0.1, -0.05) is 39.0 Å². The summed E-state index contributed by atoms with van der Waals surface area (Å²) in [5.74, 6) is -0.0452. The van der Waals surface area contributed by atoms with Crippen LogP contribution in [0.4, 0.5) is 10.1 Å². The Labute approximate surface area is 142 Å². The normalized spacial score (nSPS) is 11.5. The molecule has 0 unspecified atom stereocenters. The van der Waals surface area contributed by atoms with E-state index in [1.54, 1.807) is 25.3 Å². The number of hydrogen-bond donors (Lipinski definition) is 1. The number of halogens is 1. The second-order valence-electron chi connectivity index (χ2n) is 6.54. The number of hydrogen-bond acceptors (Lipinski definition) is 2. The third-order valence-corrected chi connectivity index (χ3v) is 3.60. The van der Waals surface area contributed by atoms with Gasteiger partial charge in [0, 0.05) is 6.08 Å². The van der Waals surface area contributed by atoms with Crippen LogP contribution in [-0.4, -0.2) is 13.0 Å². The van der Waals surface area contributed by atoms with Gasteiger partial charge in [0.2, 0.25) is 5.91 Å². The summed E-state index contributed by atoms with van der Waals surface area (Å²) >= 11 is 0. The molecule has 2 aromatic carbocycles. The molecule has 0 radical (unpaired) electrons. The lowest BCUT2D eigenvalue weighted by Crippen LogP contribution is -2.14. The van der Waals surface area contributed by atoms with Crippen LogP contribution in [0.2, 0.25) is 0 Å². The number of rotatable bonds is 4. The summed E-state index contributed by atoms with van der Waals surface area (Å²) in [4.78, 5) is 12.2. The molecule has 0 fully saturated rings. The molecule has 0 aliphatic carbocycles. The third-order valence-electron chi connectivity index (χ3n) is 3.60. The standard InChI is InChI=1S/C20H22FNO2/c1-20(2,3)15-9-10-18(24-4)17(13-15)22-19(23)11-8-14-6-5-7-16(21)12-14/h5-13H,1-4H3,(H,22,23)/b11-8+. The largest absolute Gasteiger partial charge is 0.495 e. The van der Waals surface area contributed by atoms with Crippen LogP contribution in [0, 0.1) is 5.82 Å². The molecule has 4 heteroatoms. The van der Waals surface area contributed by atoms with Crippen LogP contribution in [0.3, 0.4) is 0 Å². The Morgan fingerprint density at radius 3 is 2.54 bits per heavy atom. The van der Waals surface area contributed by atoms with Gasteiger partial charge in [-0.15, -0.1) is 0 Å². The lowest BCUT2D eigenvalue weighted by Gasteiger charge is -2.21. The minimum atomic E-state index is -0.336. The van der Waals surface area contributed by atoms with Crippen molar-refractivity contribution in [2.75, 3.05) is 12.4 Å². The van der Waals surface area contributed by atoms with Crippen LogP contribution in [0.5, 0.6) is 5.75 Å². The second kappa shape index (κ2) is 7.30. The molecule has 1 amide bonds. The van der Waals surface area contributed by atoms with Gasteiger partial charge in [-0.25, -0.2) is 4.39 Å². The van der Waals surface area contributed by atoms with Gasteiger partial charge >= 0.3 is 0 Å². The Hall–Kier alpha value is -2.62. The highest BCUT2D eigenvalue weighted by Crippen LogP contribution is 2.31. The summed E-state index contributed by atoms with van der Waals surface area (Å²) in [7, 11) is 1.56. The molecule has 3 nitrogen and oxygen atoms in total. The number of amides is 1. The van der Waals surface area contributed by atoms with Crippen molar-refractivity contribution in [3.63, 3.8) is 0 Å². The molecule has 0 spiro atoms. The van der Waals surface area contributed by atoms with Crippen LogP contribution in [0.15, 0.2) is 48.5 Å². The van der Waals surface area contributed by atoms with Crippen LogP contribution >= 0.6 is 0 Å². The third kappa shape index (κ3) is 4.69.